The maximum absolute atomic E-state index is 13.0. The Hall–Kier alpha value is -3.38. The summed E-state index contributed by atoms with van der Waals surface area (Å²) in [5, 5.41) is 3.31. The topological polar surface area (TPSA) is 61.6 Å². The predicted octanol–water partition coefficient (Wildman–Crippen LogP) is 4.52. The summed E-state index contributed by atoms with van der Waals surface area (Å²) in [4.78, 5) is 17.3. The Kier molecular flexibility index (Phi) is 8.03. The Morgan fingerprint density at radius 1 is 0.829 bits per heavy atom. The minimum Gasteiger partial charge on any atom is -0.397 e. The van der Waals surface area contributed by atoms with Crippen LogP contribution < -0.4 is 16.0 Å². The van der Waals surface area contributed by atoms with E-state index >= 15 is 0 Å². The Morgan fingerprint density at radius 3 is 1.97 bits per heavy atom. The van der Waals surface area contributed by atoms with Crippen LogP contribution in [-0.4, -0.2) is 50.1 Å². The van der Waals surface area contributed by atoms with Crippen LogP contribution in [0.4, 0.5) is 16.1 Å². The number of carbonyl (C=O) groups excluding carboxylic acids is 1. The second kappa shape index (κ2) is 11.4. The van der Waals surface area contributed by atoms with Gasteiger partial charge in [-0.2, -0.15) is 0 Å². The minimum atomic E-state index is 0. The second-order valence-electron chi connectivity index (χ2n) is 9.44. The van der Waals surface area contributed by atoms with Crippen LogP contribution in [0.2, 0.25) is 0 Å². The summed E-state index contributed by atoms with van der Waals surface area (Å²) in [5.41, 5.74) is 11.6. The van der Waals surface area contributed by atoms with Gasteiger partial charge in [0.2, 0.25) is 0 Å². The van der Waals surface area contributed by atoms with E-state index in [0.29, 0.717) is 11.8 Å². The van der Waals surface area contributed by atoms with Gasteiger partial charge < -0.3 is 20.9 Å². The fourth-order valence-electron chi connectivity index (χ4n) is 5.53. The van der Waals surface area contributed by atoms with Gasteiger partial charge in [-0.05, 0) is 48.1 Å². The van der Waals surface area contributed by atoms with E-state index in [2.05, 4.69) is 70.9 Å². The molecule has 0 bridgehead atoms. The molecule has 5 nitrogen and oxygen atoms in total. The molecule has 3 aromatic carbocycles. The third-order valence-corrected chi connectivity index (χ3v) is 7.35. The largest absolute Gasteiger partial charge is 0.397 e. The van der Waals surface area contributed by atoms with Crippen molar-refractivity contribution in [1.82, 2.24) is 10.2 Å². The molecule has 0 unspecified atom stereocenters. The van der Waals surface area contributed by atoms with Crippen LogP contribution >= 0.6 is 0 Å². The number of nitrogen functional groups attached to an aromatic ring is 1. The number of piperazine rings is 1. The summed E-state index contributed by atoms with van der Waals surface area (Å²) in [6, 6.07) is 27.5. The maximum Gasteiger partial charge on any atom is 0.254 e. The zero-order valence-electron chi connectivity index (χ0n) is 20.1. The number of nitrogens with two attached hydrogens (primary N) is 1. The van der Waals surface area contributed by atoms with Crippen molar-refractivity contribution in [2.75, 3.05) is 49.9 Å². The van der Waals surface area contributed by atoms with Crippen LogP contribution in [0, 0.1) is 5.92 Å². The summed E-state index contributed by atoms with van der Waals surface area (Å²) >= 11 is 0. The van der Waals surface area contributed by atoms with Gasteiger partial charge in [0.15, 0.2) is 0 Å². The van der Waals surface area contributed by atoms with Gasteiger partial charge >= 0.3 is 0 Å². The monoisotopic (exact) mass is 474 g/mol. The van der Waals surface area contributed by atoms with Crippen molar-refractivity contribution in [2.45, 2.75) is 18.8 Å². The lowest BCUT2D eigenvalue weighted by atomic mass is 9.76. The van der Waals surface area contributed by atoms with Crippen molar-refractivity contribution in [3.63, 3.8) is 0 Å². The molecule has 0 aliphatic carbocycles. The number of anilines is 2. The number of benzene rings is 3. The first-order valence-electron chi connectivity index (χ1n) is 12.4. The molecule has 2 saturated heterocycles. The van der Waals surface area contributed by atoms with E-state index in [1.54, 1.807) is 0 Å². The normalized spacial score (nSPS) is 16.7. The lowest BCUT2D eigenvalue weighted by molar-refractivity contribution is 0.0736. The molecule has 3 N–H and O–H groups in total. The summed E-state index contributed by atoms with van der Waals surface area (Å²) in [7, 11) is 0. The molecule has 0 spiro atoms. The van der Waals surface area contributed by atoms with E-state index in [4.69, 9.17) is 5.73 Å². The number of halogens is 1. The predicted molar refractivity (Wildman–Crippen MR) is 142 cm³/mol. The Balaban J connectivity index is 0.00000289. The van der Waals surface area contributed by atoms with Crippen molar-refractivity contribution in [3.8, 4) is 0 Å². The highest BCUT2D eigenvalue weighted by Gasteiger charge is 2.30. The standard InChI is InChI=1S/C29H34N4O.FH/c30-26-12-11-25(29(34)33-19-15-31-16-20-33)21-27(26)32-17-13-24(14-18-32)28(22-7-3-1-4-8-22)23-9-5-2-6-10-23;/h1-12,21,24,28,31H,13-20,30H2;1H. The number of hydrogen-bond acceptors (Lipinski definition) is 4. The number of rotatable bonds is 5. The van der Waals surface area contributed by atoms with Gasteiger partial charge in [0, 0.05) is 50.7 Å². The molecular weight excluding hydrogens is 439 g/mol. The highest BCUT2D eigenvalue weighted by Crippen LogP contribution is 2.39. The van der Waals surface area contributed by atoms with Crippen molar-refractivity contribution in [2.24, 2.45) is 5.92 Å². The highest BCUT2D eigenvalue weighted by atomic mass is 19.0. The second-order valence-corrected chi connectivity index (χ2v) is 9.44. The van der Waals surface area contributed by atoms with Crippen molar-refractivity contribution < 1.29 is 9.50 Å². The molecule has 35 heavy (non-hydrogen) atoms. The molecule has 0 saturated carbocycles. The maximum atomic E-state index is 13.0. The van der Waals surface area contributed by atoms with Crippen molar-refractivity contribution >= 4 is 17.3 Å². The molecule has 2 fully saturated rings. The molecule has 0 atom stereocenters. The number of piperidine rings is 1. The summed E-state index contributed by atoms with van der Waals surface area (Å²) in [6.07, 6.45) is 2.17. The first-order valence-corrected chi connectivity index (χ1v) is 12.4. The van der Waals surface area contributed by atoms with E-state index in [-0.39, 0.29) is 10.6 Å². The minimum absolute atomic E-state index is 0. The van der Waals surface area contributed by atoms with Gasteiger partial charge in [-0.25, -0.2) is 0 Å². The molecule has 0 aromatic heterocycles. The molecule has 5 rings (SSSR count). The molecule has 2 aliphatic heterocycles. The van der Waals surface area contributed by atoms with Gasteiger partial charge in [-0.15, -0.1) is 0 Å². The van der Waals surface area contributed by atoms with Crippen LogP contribution in [-0.2, 0) is 0 Å². The van der Waals surface area contributed by atoms with Gasteiger partial charge in [0.05, 0.1) is 11.4 Å². The van der Waals surface area contributed by atoms with Crippen LogP contribution in [0.5, 0.6) is 0 Å². The average molecular weight is 475 g/mol. The fraction of sp³-hybridized carbons (Fsp3) is 0.345. The first-order chi connectivity index (χ1) is 16.7. The number of carbonyl (C=O) groups is 1. The lowest BCUT2D eigenvalue weighted by Gasteiger charge is -2.38. The number of nitrogens with one attached hydrogen (secondary N) is 1. The van der Waals surface area contributed by atoms with Gasteiger partial charge in [-0.3, -0.25) is 9.50 Å². The smallest absolute Gasteiger partial charge is 0.254 e. The SMILES string of the molecule is F.Nc1ccc(C(=O)N2CCNCC2)cc1N1CCC(C(c2ccccc2)c2ccccc2)CC1. The molecule has 0 radical (unpaired) electrons. The van der Waals surface area contributed by atoms with E-state index < -0.39 is 0 Å². The van der Waals surface area contributed by atoms with E-state index in [1.807, 2.05) is 23.1 Å². The zero-order valence-corrected chi connectivity index (χ0v) is 20.1. The summed E-state index contributed by atoms with van der Waals surface area (Å²) in [5.74, 6) is 1.06. The highest BCUT2D eigenvalue weighted by molar-refractivity contribution is 5.96. The number of hydrogen-bond donors (Lipinski definition) is 2. The fourth-order valence-corrected chi connectivity index (χ4v) is 5.53. The molecule has 3 aromatic rings. The molecule has 2 heterocycles. The van der Waals surface area contributed by atoms with Crippen LogP contribution in [0.25, 0.3) is 0 Å². The van der Waals surface area contributed by atoms with Gasteiger partial charge in [0.1, 0.15) is 0 Å². The molecule has 184 valence electrons. The van der Waals surface area contributed by atoms with Crippen molar-refractivity contribution in [3.05, 3.63) is 95.6 Å². The number of nitrogens with zero attached hydrogens (tertiary/aromatic N) is 2. The molecule has 6 heteroatoms. The molecule has 1 amide bonds. The third kappa shape index (κ3) is 5.49. The third-order valence-electron chi connectivity index (χ3n) is 7.35. The summed E-state index contributed by atoms with van der Waals surface area (Å²) in [6.45, 7) is 5.09. The van der Waals surface area contributed by atoms with E-state index in [0.717, 1.165) is 69.0 Å². The number of amides is 1. The average Bonchev–Trinajstić information content (AvgIpc) is 2.91. The van der Waals surface area contributed by atoms with Crippen LogP contribution in [0.15, 0.2) is 78.9 Å². The van der Waals surface area contributed by atoms with Gasteiger partial charge in [0.25, 0.3) is 5.91 Å². The van der Waals surface area contributed by atoms with Crippen LogP contribution in [0.1, 0.15) is 40.2 Å². The van der Waals surface area contributed by atoms with Crippen LogP contribution in [0.3, 0.4) is 0 Å². The Bertz CT molecular complexity index is 1050. The summed E-state index contributed by atoms with van der Waals surface area (Å²) < 4.78 is 0. The Morgan fingerprint density at radius 2 is 1.40 bits per heavy atom. The molecule has 2 aliphatic rings. The molecular formula is C29H35FN4O. The first kappa shape index (κ1) is 24.7. The lowest BCUT2D eigenvalue weighted by Crippen LogP contribution is -2.46. The van der Waals surface area contributed by atoms with Gasteiger partial charge in [-0.1, -0.05) is 60.7 Å². The zero-order chi connectivity index (χ0) is 23.3. The Labute approximate surface area is 207 Å². The van der Waals surface area contributed by atoms with E-state index in [9.17, 15) is 4.79 Å². The van der Waals surface area contributed by atoms with E-state index in [1.165, 1.54) is 11.1 Å². The van der Waals surface area contributed by atoms with Crippen molar-refractivity contribution in [1.29, 1.82) is 0 Å². The quantitative estimate of drug-likeness (QED) is 0.534.